The van der Waals surface area contributed by atoms with E-state index in [0.29, 0.717) is 6.61 Å². The standard InChI is InChI=1S/C16H20N2O/c1-2-19-16-10-8-15(9-11-16)18-13-12-17-14-6-4-3-5-7-14/h3-11,17-18H,2,12-13H2,1H3. The molecule has 2 aromatic carbocycles. The zero-order valence-corrected chi connectivity index (χ0v) is 11.2. The van der Waals surface area contributed by atoms with E-state index in [0.717, 1.165) is 30.2 Å². The second kappa shape index (κ2) is 7.31. The largest absolute Gasteiger partial charge is 0.494 e. The Bertz CT molecular complexity index is 468. The van der Waals surface area contributed by atoms with Gasteiger partial charge in [-0.15, -0.1) is 0 Å². The first-order valence-corrected chi connectivity index (χ1v) is 6.64. The van der Waals surface area contributed by atoms with Crippen molar-refractivity contribution in [2.75, 3.05) is 30.3 Å². The summed E-state index contributed by atoms with van der Waals surface area (Å²) < 4.78 is 5.40. The molecule has 100 valence electrons. The Balaban J connectivity index is 1.70. The Morgan fingerprint density at radius 1 is 0.789 bits per heavy atom. The molecular formula is C16H20N2O. The van der Waals surface area contributed by atoms with Crippen molar-refractivity contribution in [2.24, 2.45) is 0 Å². The highest BCUT2D eigenvalue weighted by atomic mass is 16.5. The lowest BCUT2D eigenvalue weighted by Gasteiger charge is -2.09. The third kappa shape index (κ3) is 4.54. The predicted molar refractivity (Wildman–Crippen MR) is 81.0 cm³/mol. The lowest BCUT2D eigenvalue weighted by Crippen LogP contribution is -2.13. The minimum atomic E-state index is 0.702. The summed E-state index contributed by atoms with van der Waals surface area (Å²) in [5.74, 6) is 0.912. The summed E-state index contributed by atoms with van der Waals surface area (Å²) in [4.78, 5) is 0. The van der Waals surface area contributed by atoms with Crippen molar-refractivity contribution in [3.63, 3.8) is 0 Å². The lowest BCUT2D eigenvalue weighted by molar-refractivity contribution is 0.340. The molecule has 0 spiro atoms. The molecule has 0 bridgehead atoms. The number of para-hydroxylation sites is 1. The number of hydrogen-bond donors (Lipinski definition) is 2. The molecule has 0 aromatic heterocycles. The summed E-state index contributed by atoms with van der Waals surface area (Å²) in [7, 11) is 0. The molecule has 0 aliphatic carbocycles. The summed E-state index contributed by atoms with van der Waals surface area (Å²) >= 11 is 0. The maximum absolute atomic E-state index is 5.40. The van der Waals surface area contributed by atoms with Crippen LogP contribution in [0.3, 0.4) is 0 Å². The van der Waals surface area contributed by atoms with Crippen molar-refractivity contribution in [3.05, 3.63) is 54.6 Å². The van der Waals surface area contributed by atoms with Crippen LogP contribution in [0.5, 0.6) is 5.75 Å². The van der Waals surface area contributed by atoms with E-state index in [1.54, 1.807) is 0 Å². The molecule has 0 atom stereocenters. The van der Waals surface area contributed by atoms with Crippen LogP contribution in [0.1, 0.15) is 6.92 Å². The zero-order chi connectivity index (χ0) is 13.3. The van der Waals surface area contributed by atoms with Crippen molar-refractivity contribution < 1.29 is 4.74 Å². The van der Waals surface area contributed by atoms with Gasteiger partial charge in [-0.2, -0.15) is 0 Å². The Morgan fingerprint density at radius 2 is 1.37 bits per heavy atom. The van der Waals surface area contributed by atoms with Gasteiger partial charge in [0, 0.05) is 24.5 Å². The van der Waals surface area contributed by atoms with Gasteiger partial charge in [0.25, 0.3) is 0 Å². The molecule has 3 heteroatoms. The van der Waals surface area contributed by atoms with Crippen LogP contribution in [-0.4, -0.2) is 19.7 Å². The van der Waals surface area contributed by atoms with Crippen LogP contribution in [0.25, 0.3) is 0 Å². The van der Waals surface area contributed by atoms with E-state index in [1.165, 1.54) is 0 Å². The van der Waals surface area contributed by atoms with Crippen LogP contribution >= 0.6 is 0 Å². The van der Waals surface area contributed by atoms with E-state index in [1.807, 2.05) is 49.4 Å². The van der Waals surface area contributed by atoms with E-state index in [2.05, 4.69) is 22.8 Å². The maximum atomic E-state index is 5.40. The molecule has 0 heterocycles. The van der Waals surface area contributed by atoms with Gasteiger partial charge in [0.1, 0.15) is 5.75 Å². The first kappa shape index (κ1) is 13.3. The van der Waals surface area contributed by atoms with Gasteiger partial charge in [0.05, 0.1) is 6.61 Å². The van der Waals surface area contributed by atoms with E-state index in [9.17, 15) is 0 Å². The molecule has 0 fully saturated rings. The van der Waals surface area contributed by atoms with Crippen molar-refractivity contribution in [1.82, 2.24) is 0 Å². The van der Waals surface area contributed by atoms with Gasteiger partial charge in [-0.25, -0.2) is 0 Å². The third-order valence-electron chi connectivity index (χ3n) is 2.72. The fraction of sp³-hybridized carbons (Fsp3) is 0.250. The Hall–Kier alpha value is -2.16. The summed E-state index contributed by atoms with van der Waals surface area (Å²) in [5.41, 5.74) is 2.26. The van der Waals surface area contributed by atoms with Crippen molar-refractivity contribution in [3.8, 4) is 5.75 Å². The molecule has 2 rings (SSSR count). The van der Waals surface area contributed by atoms with Gasteiger partial charge >= 0.3 is 0 Å². The second-order valence-electron chi connectivity index (χ2n) is 4.18. The highest BCUT2D eigenvalue weighted by Gasteiger charge is 1.94. The second-order valence-corrected chi connectivity index (χ2v) is 4.18. The third-order valence-corrected chi connectivity index (χ3v) is 2.72. The van der Waals surface area contributed by atoms with Crippen LogP contribution < -0.4 is 15.4 Å². The first-order chi connectivity index (χ1) is 9.38. The molecule has 2 aromatic rings. The highest BCUT2D eigenvalue weighted by molar-refractivity contribution is 5.47. The zero-order valence-electron chi connectivity index (χ0n) is 11.2. The molecule has 0 saturated carbocycles. The summed E-state index contributed by atoms with van der Waals surface area (Å²) in [6, 6.07) is 18.2. The summed E-state index contributed by atoms with van der Waals surface area (Å²) in [6.45, 7) is 4.45. The molecule has 2 N–H and O–H groups in total. The Labute approximate surface area is 114 Å². The maximum Gasteiger partial charge on any atom is 0.119 e. The number of rotatable bonds is 7. The van der Waals surface area contributed by atoms with E-state index in [4.69, 9.17) is 4.74 Å². The molecule has 19 heavy (non-hydrogen) atoms. The van der Waals surface area contributed by atoms with Crippen LogP contribution in [0.4, 0.5) is 11.4 Å². The molecule has 0 radical (unpaired) electrons. The van der Waals surface area contributed by atoms with Crippen LogP contribution in [0.2, 0.25) is 0 Å². The minimum absolute atomic E-state index is 0.702. The molecular weight excluding hydrogens is 236 g/mol. The molecule has 0 amide bonds. The number of hydrogen-bond acceptors (Lipinski definition) is 3. The van der Waals surface area contributed by atoms with E-state index < -0.39 is 0 Å². The van der Waals surface area contributed by atoms with Gasteiger partial charge in [-0.05, 0) is 43.3 Å². The van der Waals surface area contributed by atoms with Gasteiger partial charge in [0.2, 0.25) is 0 Å². The molecule has 0 saturated heterocycles. The Kier molecular flexibility index (Phi) is 5.11. The van der Waals surface area contributed by atoms with E-state index >= 15 is 0 Å². The highest BCUT2D eigenvalue weighted by Crippen LogP contribution is 2.15. The summed E-state index contributed by atoms with van der Waals surface area (Å²) in [5, 5.41) is 6.73. The van der Waals surface area contributed by atoms with Gasteiger partial charge in [-0.1, -0.05) is 18.2 Å². The smallest absolute Gasteiger partial charge is 0.119 e. The van der Waals surface area contributed by atoms with Crippen LogP contribution in [0, 0.1) is 0 Å². The number of nitrogens with one attached hydrogen (secondary N) is 2. The number of ether oxygens (including phenoxy) is 1. The minimum Gasteiger partial charge on any atom is -0.494 e. The van der Waals surface area contributed by atoms with Crippen molar-refractivity contribution >= 4 is 11.4 Å². The quantitative estimate of drug-likeness (QED) is 0.742. The van der Waals surface area contributed by atoms with Crippen LogP contribution in [0.15, 0.2) is 54.6 Å². The van der Waals surface area contributed by atoms with Gasteiger partial charge in [0.15, 0.2) is 0 Å². The molecule has 0 aliphatic rings. The summed E-state index contributed by atoms with van der Waals surface area (Å²) in [6.07, 6.45) is 0. The van der Waals surface area contributed by atoms with Gasteiger partial charge in [-0.3, -0.25) is 0 Å². The lowest BCUT2D eigenvalue weighted by atomic mass is 10.3. The molecule has 0 unspecified atom stereocenters. The SMILES string of the molecule is CCOc1ccc(NCCNc2ccccc2)cc1. The predicted octanol–water partition coefficient (Wildman–Crippen LogP) is 3.61. The Morgan fingerprint density at radius 3 is 1.95 bits per heavy atom. The molecule has 0 aliphatic heterocycles. The average molecular weight is 256 g/mol. The van der Waals surface area contributed by atoms with Crippen LogP contribution in [-0.2, 0) is 0 Å². The average Bonchev–Trinajstić information content (AvgIpc) is 2.47. The topological polar surface area (TPSA) is 33.3 Å². The van der Waals surface area contributed by atoms with Gasteiger partial charge < -0.3 is 15.4 Å². The number of anilines is 2. The molecule has 3 nitrogen and oxygen atoms in total. The number of benzene rings is 2. The first-order valence-electron chi connectivity index (χ1n) is 6.64. The monoisotopic (exact) mass is 256 g/mol. The normalized spacial score (nSPS) is 9.95. The van der Waals surface area contributed by atoms with Crippen molar-refractivity contribution in [1.29, 1.82) is 0 Å². The van der Waals surface area contributed by atoms with E-state index in [-0.39, 0.29) is 0 Å². The fourth-order valence-corrected chi connectivity index (χ4v) is 1.81. The fourth-order valence-electron chi connectivity index (χ4n) is 1.81. The van der Waals surface area contributed by atoms with Crippen molar-refractivity contribution in [2.45, 2.75) is 6.92 Å².